The summed E-state index contributed by atoms with van der Waals surface area (Å²) in [5, 5.41) is 9.87. The number of hydrogen-bond acceptors (Lipinski definition) is 5. The minimum atomic E-state index is -0.510. The summed E-state index contributed by atoms with van der Waals surface area (Å²) in [7, 11) is 1.75. The van der Waals surface area contributed by atoms with Gasteiger partial charge in [0.2, 0.25) is 0 Å². The number of likely N-dealkylation sites (tertiary alicyclic amines) is 1. The van der Waals surface area contributed by atoms with E-state index in [-0.39, 0.29) is 12.0 Å². The highest BCUT2D eigenvalue weighted by Crippen LogP contribution is 2.11. The molecule has 8 heteroatoms. The molecule has 8 nitrogen and oxygen atoms in total. The van der Waals surface area contributed by atoms with Gasteiger partial charge < -0.3 is 30.3 Å². The summed E-state index contributed by atoms with van der Waals surface area (Å²) < 4.78 is 10.5. The Hall–Kier alpha value is -1.54. The van der Waals surface area contributed by atoms with Gasteiger partial charge in [-0.05, 0) is 52.9 Å². The molecule has 1 unspecified atom stereocenters. The number of aliphatic imine (C=N–C) groups is 1. The Kier molecular flexibility index (Phi) is 12.1. The zero-order valence-corrected chi connectivity index (χ0v) is 20.2. The minimum Gasteiger partial charge on any atom is -0.444 e. The third kappa shape index (κ3) is 11.6. The summed E-state index contributed by atoms with van der Waals surface area (Å²) in [6.45, 7) is 17.2. The second-order valence-electron chi connectivity index (χ2n) is 9.32. The van der Waals surface area contributed by atoms with Crippen molar-refractivity contribution in [3.63, 3.8) is 0 Å². The van der Waals surface area contributed by atoms with Crippen LogP contribution in [-0.2, 0) is 9.47 Å². The van der Waals surface area contributed by atoms with E-state index in [1.807, 2.05) is 20.8 Å². The number of guanidine groups is 1. The number of nitrogens with zero attached hydrogens (tertiary/aromatic N) is 2. The number of alkyl carbamates (subject to hydrolysis) is 1. The zero-order valence-electron chi connectivity index (χ0n) is 20.2. The lowest BCUT2D eigenvalue weighted by Crippen LogP contribution is -2.49. The van der Waals surface area contributed by atoms with Gasteiger partial charge in [-0.2, -0.15) is 0 Å². The molecule has 0 aromatic rings. The van der Waals surface area contributed by atoms with Crippen LogP contribution in [0.2, 0.25) is 0 Å². The van der Waals surface area contributed by atoms with Crippen LogP contribution in [0.1, 0.15) is 60.8 Å². The first kappa shape index (κ1) is 26.5. The number of methoxy groups -OCH3 is 1. The van der Waals surface area contributed by atoms with Gasteiger partial charge in [-0.1, -0.05) is 13.8 Å². The summed E-state index contributed by atoms with van der Waals surface area (Å²) >= 11 is 0. The number of hydrogen-bond donors (Lipinski definition) is 3. The van der Waals surface area contributed by atoms with Crippen molar-refractivity contribution in [2.75, 3.05) is 46.4 Å². The maximum absolute atomic E-state index is 12.2. The third-order valence-electron chi connectivity index (χ3n) is 5.05. The smallest absolute Gasteiger partial charge is 0.407 e. The molecule has 0 saturated carbocycles. The normalized spacial score (nSPS) is 17.7. The molecule has 1 fully saturated rings. The Bertz CT molecular complexity index is 511. The van der Waals surface area contributed by atoms with Gasteiger partial charge in [0.1, 0.15) is 5.60 Å². The van der Waals surface area contributed by atoms with E-state index in [0.29, 0.717) is 12.6 Å². The third-order valence-corrected chi connectivity index (χ3v) is 5.05. The van der Waals surface area contributed by atoms with E-state index in [4.69, 9.17) is 14.5 Å². The molecule has 1 aliphatic heterocycles. The van der Waals surface area contributed by atoms with Crippen LogP contribution in [0.5, 0.6) is 0 Å². The number of ether oxygens (including phenoxy) is 2. The summed E-state index contributed by atoms with van der Waals surface area (Å²) in [5.41, 5.74) is -0.510. The number of amides is 1. The molecule has 1 aliphatic rings. The first-order valence-corrected chi connectivity index (χ1v) is 11.4. The first-order chi connectivity index (χ1) is 14.1. The van der Waals surface area contributed by atoms with Crippen molar-refractivity contribution in [1.29, 1.82) is 0 Å². The minimum absolute atomic E-state index is 0.0852. The molecule has 1 saturated heterocycles. The van der Waals surface area contributed by atoms with Crippen LogP contribution in [0.15, 0.2) is 4.99 Å². The maximum Gasteiger partial charge on any atom is 0.407 e. The zero-order chi connectivity index (χ0) is 22.6. The van der Waals surface area contributed by atoms with Crippen molar-refractivity contribution in [3.05, 3.63) is 0 Å². The molecule has 1 atom stereocenters. The van der Waals surface area contributed by atoms with E-state index in [2.05, 4.69) is 41.6 Å². The first-order valence-electron chi connectivity index (χ1n) is 11.4. The van der Waals surface area contributed by atoms with E-state index in [1.54, 1.807) is 7.11 Å². The van der Waals surface area contributed by atoms with E-state index in [1.165, 1.54) is 0 Å². The van der Waals surface area contributed by atoms with Crippen LogP contribution >= 0.6 is 0 Å². The fourth-order valence-electron chi connectivity index (χ4n) is 3.32. The average Bonchev–Trinajstić information content (AvgIpc) is 2.65. The Balaban J connectivity index is 2.56. The van der Waals surface area contributed by atoms with Gasteiger partial charge in [0.05, 0.1) is 12.6 Å². The molecule has 0 spiro atoms. The molecule has 0 bridgehead atoms. The Morgan fingerprint density at radius 2 is 1.90 bits per heavy atom. The fourth-order valence-corrected chi connectivity index (χ4v) is 3.32. The van der Waals surface area contributed by atoms with Gasteiger partial charge in [-0.15, -0.1) is 0 Å². The van der Waals surface area contributed by atoms with E-state index in [9.17, 15) is 4.79 Å². The maximum atomic E-state index is 12.2. The molecular formula is C22H45N5O3. The van der Waals surface area contributed by atoms with Crippen LogP contribution in [-0.4, -0.2) is 81.1 Å². The molecule has 30 heavy (non-hydrogen) atoms. The lowest BCUT2D eigenvalue weighted by Gasteiger charge is -2.33. The van der Waals surface area contributed by atoms with E-state index >= 15 is 0 Å². The van der Waals surface area contributed by atoms with E-state index < -0.39 is 11.7 Å². The highest BCUT2D eigenvalue weighted by molar-refractivity contribution is 5.80. The monoisotopic (exact) mass is 427 g/mol. The number of rotatable bonds is 10. The van der Waals surface area contributed by atoms with Crippen molar-refractivity contribution in [2.45, 2.75) is 78.5 Å². The topological polar surface area (TPSA) is 87.2 Å². The predicted octanol–water partition coefficient (Wildman–Crippen LogP) is 2.59. The Morgan fingerprint density at radius 3 is 2.43 bits per heavy atom. The van der Waals surface area contributed by atoms with Crippen molar-refractivity contribution < 1.29 is 14.3 Å². The highest BCUT2D eigenvalue weighted by atomic mass is 16.6. The second kappa shape index (κ2) is 13.7. The fraction of sp³-hybridized carbons (Fsp3) is 0.909. The average molecular weight is 428 g/mol. The highest BCUT2D eigenvalue weighted by Gasteiger charge is 2.22. The summed E-state index contributed by atoms with van der Waals surface area (Å²) in [6, 6.07) is 0.329. The molecule has 1 heterocycles. The van der Waals surface area contributed by atoms with Crippen molar-refractivity contribution in [3.8, 4) is 0 Å². The second-order valence-corrected chi connectivity index (χ2v) is 9.32. The summed E-state index contributed by atoms with van der Waals surface area (Å²) in [4.78, 5) is 19.4. The van der Waals surface area contributed by atoms with Gasteiger partial charge in [0.25, 0.3) is 0 Å². The van der Waals surface area contributed by atoms with Crippen molar-refractivity contribution >= 4 is 12.1 Å². The van der Waals surface area contributed by atoms with Crippen LogP contribution < -0.4 is 16.0 Å². The molecule has 0 aliphatic carbocycles. The standard InChI is InChI=1S/C22H45N5O3/c1-8-23-20(25-18-10-13-27(14-11-18)12-9-15-29-7)24-16-19(17(2)3)26-21(28)30-22(4,5)6/h17-19H,8-16H2,1-7H3,(H,26,28)(H2,23,24,25). The van der Waals surface area contributed by atoms with Gasteiger partial charge in [-0.3, -0.25) is 4.99 Å². The van der Waals surface area contributed by atoms with Crippen molar-refractivity contribution in [1.82, 2.24) is 20.9 Å². The molecule has 1 amide bonds. The van der Waals surface area contributed by atoms with E-state index in [0.717, 1.165) is 58.0 Å². The van der Waals surface area contributed by atoms with Crippen molar-refractivity contribution in [2.24, 2.45) is 10.9 Å². The molecule has 0 radical (unpaired) electrons. The largest absolute Gasteiger partial charge is 0.444 e. The van der Waals surface area contributed by atoms with Gasteiger partial charge in [-0.25, -0.2) is 4.79 Å². The van der Waals surface area contributed by atoms with Crippen LogP contribution in [0.4, 0.5) is 4.79 Å². The molecular weight excluding hydrogens is 382 g/mol. The number of nitrogens with one attached hydrogen (secondary N) is 3. The van der Waals surface area contributed by atoms with Crippen LogP contribution in [0.25, 0.3) is 0 Å². The molecule has 176 valence electrons. The van der Waals surface area contributed by atoms with Gasteiger partial charge in [0.15, 0.2) is 5.96 Å². The Morgan fingerprint density at radius 1 is 1.23 bits per heavy atom. The molecule has 3 N–H and O–H groups in total. The van der Waals surface area contributed by atoms with Crippen LogP contribution in [0, 0.1) is 5.92 Å². The number of carbonyl (C=O) groups excluding carboxylic acids is 1. The predicted molar refractivity (Wildman–Crippen MR) is 123 cm³/mol. The van der Waals surface area contributed by atoms with Crippen LogP contribution in [0.3, 0.4) is 0 Å². The lowest BCUT2D eigenvalue weighted by molar-refractivity contribution is 0.0493. The summed E-state index contributed by atoms with van der Waals surface area (Å²) in [6.07, 6.45) is 2.89. The molecule has 1 rings (SSSR count). The lowest BCUT2D eigenvalue weighted by atomic mass is 10.0. The quantitative estimate of drug-likeness (QED) is 0.282. The molecule has 0 aromatic carbocycles. The van der Waals surface area contributed by atoms with Gasteiger partial charge >= 0.3 is 6.09 Å². The number of piperidine rings is 1. The molecule has 0 aromatic heterocycles. The SMILES string of the molecule is CCNC(=NCC(NC(=O)OC(C)(C)C)C(C)C)NC1CCN(CCCOC)CC1. The number of carbonyl (C=O) groups is 1. The van der Waals surface area contributed by atoms with Gasteiger partial charge in [0, 0.05) is 45.9 Å². The summed E-state index contributed by atoms with van der Waals surface area (Å²) in [5.74, 6) is 1.06. The Labute approximate surface area is 183 Å².